The van der Waals surface area contributed by atoms with Crippen molar-refractivity contribution in [2.75, 3.05) is 32.9 Å². The molecule has 4 rings (SSSR count). The van der Waals surface area contributed by atoms with Crippen molar-refractivity contribution in [1.29, 1.82) is 0 Å². The summed E-state index contributed by atoms with van der Waals surface area (Å²) in [5.41, 5.74) is 1.76. The lowest BCUT2D eigenvalue weighted by Gasteiger charge is -2.26. The predicted octanol–water partition coefficient (Wildman–Crippen LogP) is 3.92. The first kappa shape index (κ1) is 30.3. The summed E-state index contributed by atoms with van der Waals surface area (Å²) in [4.78, 5) is 34.7. The Balaban J connectivity index is 0.000000532. The first-order valence-electron chi connectivity index (χ1n) is 12.7. The van der Waals surface area contributed by atoms with Gasteiger partial charge >= 0.3 is 12.1 Å². The predicted molar refractivity (Wildman–Crippen MR) is 135 cm³/mol. The van der Waals surface area contributed by atoms with Crippen molar-refractivity contribution in [2.45, 2.75) is 50.3 Å². The third kappa shape index (κ3) is 7.23. The number of hydrogen-bond acceptors (Lipinski definition) is 7. The Hall–Kier alpha value is -3.28. The van der Waals surface area contributed by atoms with Crippen LogP contribution in [-0.4, -0.2) is 72.9 Å². The zero-order chi connectivity index (χ0) is 28.6. The molecule has 0 aromatic heterocycles. The van der Waals surface area contributed by atoms with E-state index in [2.05, 4.69) is 5.32 Å². The normalized spacial score (nSPS) is 20.3. The number of carboxylic acid groups (broad SMARTS) is 1. The Morgan fingerprint density at radius 3 is 2.38 bits per heavy atom. The van der Waals surface area contributed by atoms with E-state index in [-0.39, 0.29) is 30.9 Å². The lowest BCUT2D eigenvalue weighted by molar-refractivity contribution is -0.192. The highest BCUT2D eigenvalue weighted by molar-refractivity contribution is 6.04. The monoisotopic (exact) mass is 551 g/mol. The van der Waals surface area contributed by atoms with Crippen molar-refractivity contribution < 1.29 is 47.2 Å². The van der Waals surface area contributed by atoms with E-state index >= 15 is 0 Å². The molecule has 2 aromatic rings. The number of ether oxygens (including phenoxy) is 2. The van der Waals surface area contributed by atoms with Crippen LogP contribution in [-0.2, 0) is 14.9 Å². The molecule has 0 amide bonds. The molecule has 2 aliphatic heterocycles. The Bertz CT molecular complexity index is 1160. The molecule has 11 heteroatoms. The SMILES string of the molecule is CCC(=O)c1cc(C(=O)CCC[C@H]2CNCCO2)cc2c1OCC2(CO)c1ccccc1.O=C(O)C(F)(F)F. The van der Waals surface area contributed by atoms with Crippen LogP contribution in [0.1, 0.15) is 64.4 Å². The summed E-state index contributed by atoms with van der Waals surface area (Å²) in [6.45, 7) is 4.25. The third-order valence-corrected chi connectivity index (χ3v) is 6.78. The van der Waals surface area contributed by atoms with Crippen LogP contribution in [0.15, 0.2) is 42.5 Å². The molecular formula is C28H32F3NO7. The number of carbonyl (C=O) groups is 3. The van der Waals surface area contributed by atoms with Crippen LogP contribution in [0.2, 0.25) is 0 Å². The molecule has 3 N–H and O–H groups in total. The lowest BCUT2D eigenvalue weighted by atomic mass is 9.75. The molecule has 0 bridgehead atoms. The van der Waals surface area contributed by atoms with Gasteiger partial charge in [-0.05, 0) is 30.5 Å². The smallest absolute Gasteiger partial charge is 0.490 e. The van der Waals surface area contributed by atoms with Crippen molar-refractivity contribution in [2.24, 2.45) is 0 Å². The Labute approximate surface area is 224 Å². The van der Waals surface area contributed by atoms with Gasteiger partial charge in [0.2, 0.25) is 0 Å². The summed E-state index contributed by atoms with van der Waals surface area (Å²) < 4.78 is 43.4. The van der Waals surface area contributed by atoms with Crippen LogP contribution in [0, 0.1) is 0 Å². The molecule has 39 heavy (non-hydrogen) atoms. The number of carbonyl (C=O) groups excluding carboxylic acids is 2. The maximum Gasteiger partial charge on any atom is 0.490 e. The fourth-order valence-electron chi connectivity index (χ4n) is 4.63. The van der Waals surface area contributed by atoms with E-state index in [1.165, 1.54) is 0 Å². The fraction of sp³-hybridized carbons (Fsp3) is 0.464. The van der Waals surface area contributed by atoms with Gasteiger partial charge in [0.15, 0.2) is 11.6 Å². The van der Waals surface area contributed by atoms with Crippen molar-refractivity contribution >= 4 is 17.5 Å². The maximum atomic E-state index is 13.1. The van der Waals surface area contributed by atoms with Gasteiger partial charge in [-0.3, -0.25) is 9.59 Å². The van der Waals surface area contributed by atoms with Gasteiger partial charge in [-0.15, -0.1) is 0 Å². The second-order valence-corrected chi connectivity index (χ2v) is 9.39. The van der Waals surface area contributed by atoms with Gasteiger partial charge in [0.1, 0.15) is 12.4 Å². The van der Waals surface area contributed by atoms with E-state index in [0.717, 1.165) is 31.5 Å². The molecule has 0 aliphatic carbocycles. The third-order valence-electron chi connectivity index (χ3n) is 6.78. The highest BCUT2D eigenvalue weighted by Gasteiger charge is 2.44. The summed E-state index contributed by atoms with van der Waals surface area (Å²) in [5.74, 6) is -2.34. The molecular weight excluding hydrogens is 519 g/mol. The summed E-state index contributed by atoms with van der Waals surface area (Å²) in [5, 5.41) is 20.9. The number of morpholine rings is 1. The minimum Gasteiger partial charge on any atom is -0.491 e. The molecule has 8 nitrogen and oxygen atoms in total. The number of fused-ring (bicyclic) bond motifs is 1. The van der Waals surface area contributed by atoms with E-state index in [1.54, 1.807) is 13.0 Å². The minimum absolute atomic E-state index is 0.00600. The Morgan fingerprint density at radius 1 is 1.13 bits per heavy atom. The zero-order valence-corrected chi connectivity index (χ0v) is 21.6. The van der Waals surface area contributed by atoms with Gasteiger partial charge < -0.3 is 25.0 Å². The minimum atomic E-state index is -5.08. The van der Waals surface area contributed by atoms with Gasteiger partial charge in [-0.25, -0.2) is 4.79 Å². The number of Topliss-reactive ketones (excluding diaryl/α,β-unsaturated/α-hetero) is 2. The average molecular weight is 552 g/mol. The Morgan fingerprint density at radius 2 is 1.82 bits per heavy atom. The number of nitrogens with one attached hydrogen (secondary N) is 1. The molecule has 0 spiro atoms. The molecule has 212 valence electrons. The van der Waals surface area contributed by atoms with Crippen molar-refractivity contribution in [3.8, 4) is 5.75 Å². The number of aliphatic carboxylic acids is 1. The number of benzene rings is 2. The molecule has 1 unspecified atom stereocenters. The highest BCUT2D eigenvalue weighted by atomic mass is 19.4. The average Bonchev–Trinajstić information content (AvgIpc) is 3.32. The number of ketones is 2. The molecule has 2 aliphatic rings. The number of hydrogen-bond donors (Lipinski definition) is 3. The topological polar surface area (TPSA) is 122 Å². The van der Waals surface area contributed by atoms with Gasteiger partial charge in [0.25, 0.3) is 0 Å². The van der Waals surface area contributed by atoms with Crippen molar-refractivity contribution in [3.63, 3.8) is 0 Å². The first-order valence-corrected chi connectivity index (χ1v) is 12.7. The molecule has 2 aromatic carbocycles. The summed E-state index contributed by atoms with van der Waals surface area (Å²) in [7, 11) is 0. The number of rotatable bonds is 9. The highest BCUT2D eigenvalue weighted by Crippen LogP contribution is 2.46. The van der Waals surface area contributed by atoms with E-state index in [4.69, 9.17) is 19.4 Å². The standard InChI is InChI=1S/C26H31NO5.C2HF3O2/c1-2-23(29)21-13-18(24(30)10-6-9-20-15-27-11-12-31-20)14-22-25(21)32-17-26(22,16-28)19-7-4-3-5-8-19;3-2(4,5)1(6)7/h3-5,7-8,13-14,20,27-28H,2,6,9-12,15-17H2,1H3;(H,6,7)/t20-,26?;/m0./s1. The number of aliphatic hydroxyl groups is 1. The first-order chi connectivity index (χ1) is 18.5. The molecule has 2 heterocycles. The largest absolute Gasteiger partial charge is 0.491 e. The van der Waals surface area contributed by atoms with Crippen LogP contribution in [0.5, 0.6) is 5.75 Å². The van der Waals surface area contributed by atoms with Gasteiger partial charge in [0.05, 0.1) is 30.3 Å². The van der Waals surface area contributed by atoms with Crippen molar-refractivity contribution in [3.05, 3.63) is 64.7 Å². The van der Waals surface area contributed by atoms with Crippen molar-refractivity contribution in [1.82, 2.24) is 5.32 Å². The number of carboxylic acids is 1. The molecule has 1 saturated heterocycles. The number of halogens is 3. The molecule has 1 fully saturated rings. The maximum absolute atomic E-state index is 13.1. The second-order valence-electron chi connectivity index (χ2n) is 9.39. The van der Waals surface area contributed by atoms with Crippen LogP contribution in [0.25, 0.3) is 0 Å². The van der Waals surface area contributed by atoms with Crippen LogP contribution in [0.3, 0.4) is 0 Å². The molecule has 0 saturated carbocycles. The molecule has 0 radical (unpaired) electrons. The second kappa shape index (κ2) is 13.2. The number of alkyl halides is 3. The summed E-state index contributed by atoms with van der Waals surface area (Å²) in [6.07, 6.45) is -2.70. The lowest BCUT2D eigenvalue weighted by Crippen LogP contribution is -2.38. The summed E-state index contributed by atoms with van der Waals surface area (Å²) >= 11 is 0. The Kier molecular flexibility index (Phi) is 10.2. The van der Waals surface area contributed by atoms with E-state index in [0.29, 0.717) is 41.9 Å². The number of aliphatic hydroxyl groups excluding tert-OH is 1. The fourth-order valence-corrected chi connectivity index (χ4v) is 4.63. The van der Waals surface area contributed by atoms with Gasteiger partial charge in [-0.1, -0.05) is 37.3 Å². The van der Waals surface area contributed by atoms with Gasteiger partial charge in [-0.2, -0.15) is 13.2 Å². The van der Waals surface area contributed by atoms with E-state index in [9.17, 15) is 27.9 Å². The van der Waals surface area contributed by atoms with E-state index < -0.39 is 17.6 Å². The van der Waals surface area contributed by atoms with Gasteiger partial charge in [0, 0.05) is 37.1 Å². The quantitative estimate of drug-likeness (QED) is 0.401. The van der Waals surface area contributed by atoms with E-state index in [1.807, 2.05) is 36.4 Å². The molecule has 2 atom stereocenters. The van der Waals surface area contributed by atoms with Crippen LogP contribution >= 0.6 is 0 Å². The summed E-state index contributed by atoms with van der Waals surface area (Å²) in [6, 6.07) is 13.1. The van der Waals surface area contributed by atoms with Crippen LogP contribution in [0.4, 0.5) is 13.2 Å². The van der Waals surface area contributed by atoms with Crippen LogP contribution < -0.4 is 10.1 Å². The zero-order valence-electron chi connectivity index (χ0n) is 21.6.